The topological polar surface area (TPSA) is 12.0 Å². The molecule has 2 rings (SSSR count). The minimum absolute atomic E-state index is 0.739. The molecule has 0 spiro atoms. The molecule has 0 amide bonds. The zero-order valence-electron chi connectivity index (χ0n) is 11.2. The number of rotatable bonds is 6. The van der Waals surface area contributed by atoms with Crippen LogP contribution in [0.15, 0.2) is 28.7 Å². The second kappa shape index (κ2) is 6.97. The summed E-state index contributed by atoms with van der Waals surface area (Å²) in [6, 6.07) is 9.54. The molecule has 0 heterocycles. The first-order valence-electron chi connectivity index (χ1n) is 6.67. The summed E-state index contributed by atoms with van der Waals surface area (Å²) in [7, 11) is 0. The Morgan fingerprint density at radius 1 is 1.33 bits per heavy atom. The van der Waals surface area contributed by atoms with E-state index in [0.717, 1.165) is 17.9 Å². The van der Waals surface area contributed by atoms with E-state index in [2.05, 4.69) is 58.7 Å². The first-order chi connectivity index (χ1) is 8.69. The van der Waals surface area contributed by atoms with E-state index in [-0.39, 0.29) is 0 Å². The Balaban J connectivity index is 1.69. The van der Waals surface area contributed by atoms with Crippen molar-refractivity contribution in [3.05, 3.63) is 34.3 Å². The predicted molar refractivity (Wildman–Crippen MR) is 85.5 cm³/mol. The van der Waals surface area contributed by atoms with Gasteiger partial charge in [-0.05, 0) is 60.9 Å². The van der Waals surface area contributed by atoms with Crippen molar-refractivity contribution in [2.75, 3.05) is 18.6 Å². The molecule has 1 nitrogen and oxygen atoms in total. The highest BCUT2D eigenvalue weighted by atomic mass is 79.9. The van der Waals surface area contributed by atoms with Crippen molar-refractivity contribution in [3.8, 4) is 0 Å². The highest BCUT2D eigenvalue weighted by Crippen LogP contribution is 2.37. The average Bonchev–Trinajstić information content (AvgIpc) is 2.29. The van der Waals surface area contributed by atoms with Gasteiger partial charge in [0.2, 0.25) is 0 Å². The molecule has 1 aromatic carbocycles. The van der Waals surface area contributed by atoms with Crippen LogP contribution in [0.5, 0.6) is 0 Å². The van der Waals surface area contributed by atoms with Crippen LogP contribution in [0, 0.1) is 5.92 Å². The van der Waals surface area contributed by atoms with Crippen LogP contribution in [0.3, 0.4) is 0 Å². The Labute approximate surface area is 123 Å². The van der Waals surface area contributed by atoms with Gasteiger partial charge in [-0.15, -0.1) is 0 Å². The van der Waals surface area contributed by atoms with Gasteiger partial charge in [0.05, 0.1) is 0 Å². The lowest BCUT2D eigenvalue weighted by molar-refractivity contribution is 0.282. The summed E-state index contributed by atoms with van der Waals surface area (Å²) < 4.78 is 1.17. The van der Waals surface area contributed by atoms with Gasteiger partial charge in [0, 0.05) is 10.5 Å². The molecule has 1 N–H and O–H groups in total. The van der Waals surface area contributed by atoms with E-state index in [9.17, 15) is 0 Å². The molecule has 1 fully saturated rings. The SMILES string of the molecule is CSCC(C)CNC1CC(c2ccc(Br)cc2)C1. The third-order valence-corrected chi connectivity index (χ3v) is 5.12. The van der Waals surface area contributed by atoms with Crippen LogP contribution in [-0.2, 0) is 0 Å². The first kappa shape index (κ1) is 14.4. The van der Waals surface area contributed by atoms with Crippen LogP contribution < -0.4 is 5.32 Å². The van der Waals surface area contributed by atoms with Gasteiger partial charge in [-0.3, -0.25) is 0 Å². The van der Waals surface area contributed by atoms with E-state index >= 15 is 0 Å². The maximum atomic E-state index is 3.69. The van der Waals surface area contributed by atoms with E-state index < -0.39 is 0 Å². The second-order valence-electron chi connectivity index (χ2n) is 5.39. The van der Waals surface area contributed by atoms with Crippen LogP contribution in [0.1, 0.15) is 31.2 Å². The van der Waals surface area contributed by atoms with E-state index in [1.807, 2.05) is 11.8 Å². The molecule has 18 heavy (non-hydrogen) atoms. The Hall–Kier alpha value is 0.01000. The lowest BCUT2D eigenvalue weighted by Gasteiger charge is -2.37. The number of thioether (sulfide) groups is 1. The minimum atomic E-state index is 0.739. The maximum Gasteiger partial charge on any atom is 0.0175 e. The van der Waals surface area contributed by atoms with E-state index in [0.29, 0.717) is 0 Å². The third kappa shape index (κ3) is 4.01. The number of halogens is 1. The Morgan fingerprint density at radius 2 is 2.00 bits per heavy atom. The smallest absolute Gasteiger partial charge is 0.0175 e. The molecule has 0 radical (unpaired) electrons. The summed E-state index contributed by atoms with van der Waals surface area (Å²) in [4.78, 5) is 0. The first-order valence-corrected chi connectivity index (χ1v) is 8.85. The van der Waals surface area contributed by atoms with Gasteiger partial charge in [-0.25, -0.2) is 0 Å². The molecule has 0 saturated heterocycles. The molecule has 0 bridgehead atoms. The highest BCUT2D eigenvalue weighted by Gasteiger charge is 2.29. The molecule has 1 aliphatic rings. The molecule has 1 aliphatic carbocycles. The average molecular weight is 328 g/mol. The molecular weight excluding hydrogens is 306 g/mol. The molecule has 3 heteroatoms. The van der Waals surface area contributed by atoms with Crippen molar-refractivity contribution in [1.82, 2.24) is 5.32 Å². The van der Waals surface area contributed by atoms with Gasteiger partial charge < -0.3 is 5.32 Å². The maximum absolute atomic E-state index is 3.69. The standard InChI is InChI=1S/C15H22BrNS/c1-11(10-18-2)9-17-15-7-13(8-15)12-3-5-14(16)6-4-12/h3-6,11,13,15,17H,7-10H2,1-2H3. The van der Waals surface area contributed by atoms with Gasteiger partial charge in [0.15, 0.2) is 0 Å². The lowest BCUT2D eigenvalue weighted by atomic mass is 9.76. The van der Waals surface area contributed by atoms with Crippen molar-refractivity contribution in [2.45, 2.75) is 31.7 Å². The number of hydrogen-bond donors (Lipinski definition) is 1. The van der Waals surface area contributed by atoms with E-state index in [1.54, 1.807) is 0 Å². The zero-order valence-corrected chi connectivity index (χ0v) is 13.6. The van der Waals surface area contributed by atoms with Crippen LogP contribution in [0.25, 0.3) is 0 Å². The quantitative estimate of drug-likeness (QED) is 0.836. The van der Waals surface area contributed by atoms with Crippen LogP contribution in [-0.4, -0.2) is 24.6 Å². The van der Waals surface area contributed by atoms with Crippen LogP contribution in [0.4, 0.5) is 0 Å². The van der Waals surface area contributed by atoms with E-state index in [4.69, 9.17) is 0 Å². The van der Waals surface area contributed by atoms with Gasteiger partial charge in [0.1, 0.15) is 0 Å². The van der Waals surface area contributed by atoms with Crippen molar-refractivity contribution in [1.29, 1.82) is 0 Å². The molecule has 0 aromatic heterocycles. The lowest BCUT2D eigenvalue weighted by Crippen LogP contribution is -2.42. The largest absolute Gasteiger partial charge is 0.314 e. The van der Waals surface area contributed by atoms with E-state index in [1.165, 1.54) is 35.2 Å². The van der Waals surface area contributed by atoms with Crippen molar-refractivity contribution in [3.63, 3.8) is 0 Å². The van der Waals surface area contributed by atoms with Crippen molar-refractivity contribution in [2.24, 2.45) is 5.92 Å². The highest BCUT2D eigenvalue weighted by molar-refractivity contribution is 9.10. The van der Waals surface area contributed by atoms with Gasteiger partial charge in [-0.1, -0.05) is 35.0 Å². The van der Waals surface area contributed by atoms with Crippen molar-refractivity contribution < 1.29 is 0 Å². The minimum Gasteiger partial charge on any atom is -0.314 e. The van der Waals surface area contributed by atoms with Gasteiger partial charge >= 0.3 is 0 Å². The summed E-state index contributed by atoms with van der Waals surface area (Å²) in [5.74, 6) is 2.81. The summed E-state index contributed by atoms with van der Waals surface area (Å²) in [6.07, 6.45) is 4.78. The fraction of sp³-hybridized carbons (Fsp3) is 0.600. The van der Waals surface area contributed by atoms with Crippen LogP contribution >= 0.6 is 27.7 Å². The molecule has 1 aromatic rings. The summed E-state index contributed by atoms with van der Waals surface area (Å²) in [5.41, 5.74) is 1.49. The van der Waals surface area contributed by atoms with Crippen molar-refractivity contribution >= 4 is 27.7 Å². The van der Waals surface area contributed by atoms with Crippen LogP contribution in [0.2, 0.25) is 0 Å². The predicted octanol–water partition coefficient (Wildman–Crippen LogP) is 4.28. The van der Waals surface area contributed by atoms with Gasteiger partial charge in [-0.2, -0.15) is 11.8 Å². The second-order valence-corrected chi connectivity index (χ2v) is 7.21. The fourth-order valence-electron chi connectivity index (χ4n) is 2.50. The normalized spacial score (nSPS) is 24.6. The third-order valence-electron chi connectivity index (χ3n) is 3.69. The molecule has 1 atom stereocenters. The molecule has 100 valence electrons. The molecule has 1 saturated carbocycles. The Kier molecular flexibility index (Phi) is 5.58. The monoisotopic (exact) mass is 327 g/mol. The zero-order chi connectivity index (χ0) is 13.0. The Morgan fingerprint density at radius 3 is 2.61 bits per heavy atom. The summed E-state index contributed by atoms with van der Waals surface area (Å²) >= 11 is 5.43. The Bertz CT molecular complexity index is 359. The fourth-order valence-corrected chi connectivity index (χ4v) is 3.45. The summed E-state index contributed by atoms with van der Waals surface area (Å²) in [6.45, 7) is 3.49. The molecule has 0 aliphatic heterocycles. The number of benzene rings is 1. The summed E-state index contributed by atoms with van der Waals surface area (Å²) in [5, 5.41) is 3.69. The number of nitrogens with one attached hydrogen (secondary N) is 1. The molecule has 1 unspecified atom stereocenters. The molecular formula is C15H22BrNS. The van der Waals surface area contributed by atoms with Gasteiger partial charge in [0.25, 0.3) is 0 Å². The number of hydrogen-bond acceptors (Lipinski definition) is 2.